The third kappa shape index (κ3) is 6.71. The molecule has 1 fully saturated rings. The summed E-state index contributed by atoms with van der Waals surface area (Å²) in [5.74, 6) is -0.343. The number of aliphatic imine (C=N–C) groups is 1. The number of carbonyl (C=O) groups excluding carboxylic acids is 1. The topological polar surface area (TPSA) is 106 Å². The maximum atomic E-state index is 13.2. The number of fused-ring (bicyclic) bond motifs is 2. The van der Waals surface area contributed by atoms with Gasteiger partial charge in [0.1, 0.15) is 20.5 Å². The number of anilines is 1. The second kappa shape index (κ2) is 14.3. The van der Waals surface area contributed by atoms with Crippen LogP contribution in [0.3, 0.4) is 0 Å². The van der Waals surface area contributed by atoms with Gasteiger partial charge in [0.2, 0.25) is 0 Å². The summed E-state index contributed by atoms with van der Waals surface area (Å²) in [7, 11) is -2.08. The Bertz CT molecular complexity index is 1840. The van der Waals surface area contributed by atoms with Crippen molar-refractivity contribution in [2.45, 2.75) is 72.0 Å². The fraction of sp³-hybridized carbons (Fsp3) is 0.395. The molecule has 0 bridgehead atoms. The van der Waals surface area contributed by atoms with Gasteiger partial charge in [-0.05, 0) is 112 Å². The van der Waals surface area contributed by atoms with E-state index in [1.54, 1.807) is 6.20 Å². The molecule has 6 rings (SSSR count). The molecule has 0 unspecified atom stereocenters. The van der Waals surface area contributed by atoms with Gasteiger partial charge in [0.25, 0.3) is 5.91 Å². The van der Waals surface area contributed by atoms with E-state index in [1.165, 1.54) is 69.2 Å². The van der Waals surface area contributed by atoms with Gasteiger partial charge in [-0.3, -0.25) is 9.79 Å². The molecule has 1 saturated heterocycles. The Hall–Kier alpha value is -4.57. The van der Waals surface area contributed by atoms with E-state index < -0.39 is 13.0 Å². The van der Waals surface area contributed by atoms with E-state index in [1.807, 2.05) is 12.1 Å². The van der Waals surface area contributed by atoms with Gasteiger partial charge < -0.3 is 20.3 Å². The molecule has 2 aliphatic heterocycles. The van der Waals surface area contributed by atoms with Crippen molar-refractivity contribution >= 4 is 42.1 Å². The Balaban J connectivity index is 1.30. The molecule has 0 atom stereocenters. The Labute approximate surface area is 284 Å². The van der Waals surface area contributed by atoms with E-state index in [9.17, 15) is 14.9 Å². The lowest BCUT2D eigenvalue weighted by Crippen LogP contribution is -2.49. The minimum Gasteiger partial charge on any atom is -0.390 e. The van der Waals surface area contributed by atoms with Gasteiger partial charge in [-0.1, -0.05) is 56.1 Å². The summed E-state index contributed by atoms with van der Waals surface area (Å²) in [4.78, 5) is 35.1. The molecule has 3 heterocycles. The molecule has 0 radical (unpaired) electrons. The number of aromatic nitrogens is 2. The average Bonchev–Trinajstić information content (AvgIpc) is 3.79. The zero-order chi connectivity index (χ0) is 33.8. The molecule has 1 aliphatic carbocycles. The highest BCUT2D eigenvalue weighted by atomic mass is 28.3. The number of benzene rings is 2. The Morgan fingerprint density at radius 2 is 1.85 bits per heavy atom. The summed E-state index contributed by atoms with van der Waals surface area (Å²) >= 11 is 0. The van der Waals surface area contributed by atoms with Crippen LogP contribution in [0.1, 0.15) is 72.5 Å². The van der Waals surface area contributed by atoms with Crippen LogP contribution in [0.4, 0.5) is 11.6 Å². The van der Waals surface area contributed by atoms with E-state index >= 15 is 0 Å². The lowest BCUT2D eigenvalue weighted by Gasteiger charge is -2.39. The van der Waals surface area contributed by atoms with Crippen LogP contribution in [0.5, 0.6) is 0 Å². The summed E-state index contributed by atoms with van der Waals surface area (Å²) < 4.78 is 1.49. The SMILES string of the molecule is CCCCCN=C1C=CC2=C(c3ccc(C(=O)NCCCn4ccnc4[N+](=O)[O-])cc3C)c3ccc(N4CCCC4)cc3[Si](C)(C)C2=C1. The van der Waals surface area contributed by atoms with Gasteiger partial charge in [0, 0.05) is 37.4 Å². The molecule has 0 spiro atoms. The lowest BCUT2D eigenvalue weighted by atomic mass is 9.87. The molecule has 1 N–H and O–H groups in total. The van der Waals surface area contributed by atoms with Crippen LogP contribution in [-0.4, -0.2) is 60.3 Å². The number of imidazole rings is 1. The van der Waals surface area contributed by atoms with Gasteiger partial charge >= 0.3 is 5.95 Å². The first-order chi connectivity index (χ1) is 23.2. The molecule has 48 heavy (non-hydrogen) atoms. The largest absolute Gasteiger partial charge is 0.434 e. The van der Waals surface area contributed by atoms with E-state index in [-0.39, 0.29) is 11.9 Å². The number of nitrogens with one attached hydrogen (secondary N) is 1. The first-order valence-corrected chi connectivity index (χ1v) is 20.3. The van der Waals surface area contributed by atoms with E-state index in [2.05, 4.69) is 84.6 Å². The minimum absolute atomic E-state index is 0.155. The number of amides is 1. The van der Waals surface area contributed by atoms with Crippen LogP contribution >= 0.6 is 0 Å². The molecule has 0 saturated carbocycles. The molecule has 3 aromatic rings. The number of nitro groups is 1. The predicted molar refractivity (Wildman–Crippen MR) is 197 cm³/mol. The summed E-state index contributed by atoms with van der Waals surface area (Å²) in [5.41, 5.74) is 8.95. The second-order valence-corrected chi connectivity index (χ2v) is 17.9. The van der Waals surface area contributed by atoms with Crippen molar-refractivity contribution in [2.75, 3.05) is 31.1 Å². The van der Waals surface area contributed by atoms with Gasteiger partial charge in [-0.15, -0.1) is 0 Å². The summed E-state index contributed by atoms with van der Waals surface area (Å²) in [6.45, 7) is 13.1. The summed E-state index contributed by atoms with van der Waals surface area (Å²) in [5, 5.41) is 17.0. The van der Waals surface area contributed by atoms with Gasteiger partial charge in [0.05, 0.1) is 12.3 Å². The zero-order valence-electron chi connectivity index (χ0n) is 28.6. The molecule has 1 amide bonds. The molecule has 250 valence electrons. The zero-order valence-corrected chi connectivity index (χ0v) is 29.6. The number of rotatable bonds is 12. The smallest absolute Gasteiger partial charge is 0.390 e. The first-order valence-electron chi connectivity index (χ1n) is 17.3. The van der Waals surface area contributed by atoms with Crippen LogP contribution in [0.15, 0.2) is 82.8 Å². The molecular weight excluding hydrogens is 617 g/mol. The van der Waals surface area contributed by atoms with Crippen molar-refractivity contribution < 1.29 is 9.72 Å². The number of nitrogens with zero attached hydrogens (tertiary/aromatic N) is 5. The molecule has 10 heteroatoms. The molecule has 1 aromatic heterocycles. The van der Waals surface area contributed by atoms with Crippen molar-refractivity contribution in [1.29, 1.82) is 0 Å². The van der Waals surface area contributed by atoms with E-state index in [4.69, 9.17) is 4.99 Å². The number of hydrogen-bond donors (Lipinski definition) is 1. The lowest BCUT2D eigenvalue weighted by molar-refractivity contribution is -0.396. The second-order valence-electron chi connectivity index (χ2n) is 13.6. The Morgan fingerprint density at radius 3 is 2.60 bits per heavy atom. The summed E-state index contributed by atoms with van der Waals surface area (Å²) in [6, 6.07) is 13.1. The standard InChI is InChI=1S/C38H46N6O3Si/c1-5-6-7-17-39-29-12-15-32-34(25-29)48(3,4)35-26-30(42-20-8-9-21-42)13-16-33(35)36(32)31-14-11-28(24-27(31)2)37(45)40-18-10-22-43-23-19-41-38(43)44(46)47/h11-16,19,23-26H,5-10,17-18,20-22H2,1-4H3,(H,40,45). The highest BCUT2D eigenvalue weighted by Crippen LogP contribution is 2.43. The minimum atomic E-state index is -2.08. The third-order valence-corrected chi connectivity index (χ3v) is 13.4. The first kappa shape index (κ1) is 33.3. The Morgan fingerprint density at radius 1 is 1.06 bits per heavy atom. The van der Waals surface area contributed by atoms with E-state index in [0.29, 0.717) is 25.1 Å². The monoisotopic (exact) mass is 662 g/mol. The number of carbonyl (C=O) groups is 1. The van der Waals surface area contributed by atoms with Gasteiger partial charge in [-0.2, -0.15) is 0 Å². The van der Waals surface area contributed by atoms with Crippen LogP contribution < -0.4 is 15.4 Å². The Kier molecular flexibility index (Phi) is 9.91. The average molecular weight is 663 g/mol. The van der Waals surface area contributed by atoms with Crippen LogP contribution in [0.2, 0.25) is 13.1 Å². The fourth-order valence-corrected chi connectivity index (χ4v) is 10.3. The van der Waals surface area contributed by atoms with Crippen LogP contribution in [0, 0.1) is 17.0 Å². The number of aryl methyl sites for hydroxylation is 2. The molecule has 9 nitrogen and oxygen atoms in total. The van der Waals surface area contributed by atoms with Gasteiger partial charge in [0.15, 0.2) is 0 Å². The summed E-state index contributed by atoms with van der Waals surface area (Å²) in [6.07, 6.45) is 16.3. The van der Waals surface area contributed by atoms with Crippen LogP contribution in [-0.2, 0) is 6.54 Å². The fourth-order valence-electron chi connectivity index (χ4n) is 7.24. The third-order valence-electron chi connectivity index (χ3n) is 9.90. The molecular formula is C38H46N6O3Si. The highest BCUT2D eigenvalue weighted by Gasteiger charge is 2.40. The maximum absolute atomic E-state index is 13.2. The number of hydrogen-bond acceptors (Lipinski definition) is 6. The van der Waals surface area contributed by atoms with Crippen LogP contribution in [0.25, 0.3) is 5.57 Å². The van der Waals surface area contributed by atoms with Crippen molar-refractivity contribution in [3.05, 3.63) is 110 Å². The van der Waals surface area contributed by atoms with Crippen molar-refractivity contribution in [1.82, 2.24) is 14.9 Å². The quantitative estimate of drug-likeness (QED) is 0.0982. The molecule has 3 aliphatic rings. The predicted octanol–water partition coefficient (Wildman–Crippen LogP) is 6.92. The van der Waals surface area contributed by atoms with Crippen molar-refractivity contribution in [3.63, 3.8) is 0 Å². The number of allylic oxidation sites excluding steroid dienone is 5. The number of unbranched alkanes of at least 4 members (excludes halogenated alkanes) is 2. The highest BCUT2D eigenvalue weighted by molar-refractivity contribution is 6.98. The van der Waals surface area contributed by atoms with Gasteiger partial charge in [-0.25, -0.2) is 4.57 Å². The van der Waals surface area contributed by atoms with Crippen molar-refractivity contribution in [2.24, 2.45) is 4.99 Å². The van der Waals surface area contributed by atoms with E-state index in [0.717, 1.165) is 42.9 Å². The normalized spacial score (nSPS) is 17.4. The molecule has 2 aromatic carbocycles. The van der Waals surface area contributed by atoms with Crippen molar-refractivity contribution in [3.8, 4) is 0 Å². The maximum Gasteiger partial charge on any atom is 0.434 e.